The summed E-state index contributed by atoms with van der Waals surface area (Å²) in [6.07, 6.45) is 20.0. The van der Waals surface area contributed by atoms with Crippen LogP contribution in [0.3, 0.4) is 0 Å². The Morgan fingerprint density at radius 2 is 1.53 bits per heavy atom. The number of aliphatic imine (C=N–C) groups is 2. The summed E-state index contributed by atoms with van der Waals surface area (Å²) in [6.45, 7) is 13.6. The van der Waals surface area contributed by atoms with Crippen LogP contribution in [0, 0.1) is 5.41 Å². The van der Waals surface area contributed by atoms with Gasteiger partial charge in [-0.2, -0.15) is 0 Å². The lowest BCUT2D eigenvalue weighted by Gasteiger charge is -2.28. The van der Waals surface area contributed by atoms with Crippen LogP contribution in [0.1, 0.15) is 98.5 Å². The first-order valence-electron chi connectivity index (χ1n) is 17.7. The second kappa shape index (κ2) is 17.7. The molecule has 49 heavy (non-hydrogen) atoms. The van der Waals surface area contributed by atoms with Crippen molar-refractivity contribution >= 4 is 52.8 Å². The number of nitrogens with zero attached hydrogens (tertiary/aromatic N) is 4. The highest BCUT2D eigenvalue weighted by molar-refractivity contribution is 8.03. The summed E-state index contributed by atoms with van der Waals surface area (Å²) in [5, 5.41) is 0. The number of esters is 2. The fourth-order valence-electron chi connectivity index (χ4n) is 6.18. The maximum absolute atomic E-state index is 11.6. The molecule has 266 valence electrons. The predicted octanol–water partition coefficient (Wildman–Crippen LogP) is 8.54. The molecule has 4 heterocycles. The molecule has 0 amide bonds. The molecule has 0 N–H and O–H groups in total. The van der Waals surface area contributed by atoms with Crippen LogP contribution in [0.5, 0.6) is 0 Å². The highest BCUT2D eigenvalue weighted by Crippen LogP contribution is 2.46. The highest BCUT2D eigenvalue weighted by Gasteiger charge is 2.43. The van der Waals surface area contributed by atoms with E-state index in [9.17, 15) is 9.59 Å². The number of unbranched alkanes of at least 4 members (excludes halogenated alkanes) is 4. The van der Waals surface area contributed by atoms with Crippen molar-refractivity contribution in [1.82, 2.24) is 4.90 Å². The van der Waals surface area contributed by atoms with Crippen LogP contribution in [0.25, 0.3) is 0 Å². The number of carbonyl (C=O) groups excluding carboxylic acids is 2. The number of aromatic nitrogens is 1. The molecular weight excluding hydrogens is 653 g/mol. The van der Waals surface area contributed by atoms with Crippen LogP contribution in [-0.4, -0.2) is 60.2 Å². The van der Waals surface area contributed by atoms with Crippen molar-refractivity contribution in [3.8, 4) is 0 Å². The average molecular weight is 708 g/mol. The largest absolute Gasteiger partial charge is 0.466 e. The average Bonchev–Trinajstić information content (AvgIpc) is 3.45. The number of likely N-dealkylation sites (N-methyl/N-ethyl adjacent to an activating group) is 1. The molecule has 0 aliphatic carbocycles. The number of fused-ring (bicyclic) bond motifs is 2. The van der Waals surface area contributed by atoms with Crippen molar-refractivity contribution in [2.45, 2.75) is 103 Å². The predicted molar refractivity (Wildman–Crippen MR) is 203 cm³/mol. The van der Waals surface area contributed by atoms with E-state index in [0.29, 0.717) is 26.1 Å². The summed E-state index contributed by atoms with van der Waals surface area (Å²) < 4.78 is 12.2. The fourth-order valence-corrected chi connectivity index (χ4v) is 8.21. The van der Waals surface area contributed by atoms with E-state index >= 15 is 0 Å². The summed E-state index contributed by atoms with van der Waals surface area (Å²) in [5.74, 6) is 3.85. The number of ether oxygens (including phenoxy) is 2. The molecule has 0 radical (unpaired) electrons. The van der Waals surface area contributed by atoms with Crippen LogP contribution in [-0.2, 0) is 31.5 Å². The first-order chi connectivity index (χ1) is 23.4. The van der Waals surface area contributed by atoms with Gasteiger partial charge in [0, 0.05) is 46.9 Å². The topological polar surface area (TPSA) is 84.4 Å². The third kappa shape index (κ3) is 10.00. The zero-order valence-corrected chi connectivity index (χ0v) is 32.4. The van der Waals surface area contributed by atoms with Gasteiger partial charge in [-0.3, -0.25) is 9.59 Å². The van der Waals surface area contributed by atoms with Gasteiger partial charge < -0.3 is 14.4 Å². The van der Waals surface area contributed by atoms with Crippen molar-refractivity contribution in [2.24, 2.45) is 22.4 Å². The Morgan fingerprint density at radius 1 is 0.898 bits per heavy atom. The van der Waals surface area contributed by atoms with E-state index in [1.807, 2.05) is 37.4 Å². The first kappa shape index (κ1) is 38.7. The molecule has 0 bridgehead atoms. The first-order valence-corrected chi connectivity index (χ1v) is 19.7. The molecule has 0 atom stereocenters. The molecule has 8 nitrogen and oxygen atoms in total. The standard InChI is InChI=1S/C39H55N4O4S2/c1-9-46-34(44)20-13-11-15-22-48-28-24-30-36(42(7)26-28)40-32(38(30,3)4)18-17-19-33-39(5,6)31-25-29(27-43(8)37(31)41-33)49-23-16-12-14-21-35(45)47-10-2/h17-19,24-27H,9-16,20-23H2,1-8H3/q+1. The molecule has 4 rings (SSSR count). The quantitative estimate of drug-likeness (QED) is 0.0655. The molecule has 0 spiro atoms. The number of thioether (sulfide) groups is 2. The van der Waals surface area contributed by atoms with Gasteiger partial charge in [0.05, 0.1) is 36.9 Å². The van der Waals surface area contributed by atoms with Crippen LogP contribution >= 0.6 is 23.5 Å². The lowest BCUT2D eigenvalue weighted by molar-refractivity contribution is -0.660. The second-order valence-corrected chi connectivity index (χ2v) is 16.1. The molecule has 1 aromatic rings. The molecule has 10 heteroatoms. The summed E-state index contributed by atoms with van der Waals surface area (Å²) in [7, 11) is 4.15. The Bertz CT molecular complexity index is 1570. The van der Waals surface area contributed by atoms with Gasteiger partial charge in [-0.25, -0.2) is 9.56 Å². The molecule has 0 unspecified atom stereocenters. The number of amidine groups is 1. The van der Waals surface area contributed by atoms with Gasteiger partial charge in [0.25, 0.3) is 0 Å². The molecule has 3 aliphatic rings. The zero-order valence-electron chi connectivity index (χ0n) is 30.8. The van der Waals surface area contributed by atoms with Gasteiger partial charge in [-0.15, -0.1) is 23.5 Å². The second-order valence-electron chi connectivity index (χ2n) is 13.7. The molecular formula is C39H55N4O4S2+. The number of carbonyl (C=O) groups is 2. The number of aryl methyl sites for hydroxylation is 1. The minimum atomic E-state index is -0.221. The van der Waals surface area contributed by atoms with Gasteiger partial charge in [0.15, 0.2) is 5.71 Å². The van der Waals surface area contributed by atoms with Crippen LogP contribution in [0.2, 0.25) is 0 Å². The Labute approximate surface area is 302 Å². The van der Waals surface area contributed by atoms with Crippen molar-refractivity contribution < 1.29 is 23.6 Å². The minimum absolute atomic E-state index is 0.0957. The number of pyridine rings is 1. The van der Waals surface area contributed by atoms with Crippen molar-refractivity contribution in [1.29, 1.82) is 0 Å². The van der Waals surface area contributed by atoms with Crippen molar-refractivity contribution in [2.75, 3.05) is 31.8 Å². The van der Waals surface area contributed by atoms with Crippen molar-refractivity contribution in [3.05, 3.63) is 64.5 Å². The van der Waals surface area contributed by atoms with Gasteiger partial charge in [-0.1, -0.05) is 32.8 Å². The van der Waals surface area contributed by atoms with Crippen LogP contribution in [0.4, 0.5) is 5.82 Å². The van der Waals surface area contributed by atoms with Crippen LogP contribution in [0.15, 0.2) is 73.8 Å². The maximum Gasteiger partial charge on any atom is 0.327 e. The van der Waals surface area contributed by atoms with E-state index < -0.39 is 0 Å². The van der Waals surface area contributed by atoms with E-state index in [1.54, 1.807) is 0 Å². The SMILES string of the molecule is CCOC(=O)CCCCCSC1=CN(C)C2=N/C(=C\C=C\C3=Nc4c(cc(SCCCCCC(=O)OCC)c[n+]4C)C3(C)C)C(C)(C)C2=C1. The minimum Gasteiger partial charge on any atom is -0.466 e. The van der Waals surface area contributed by atoms with Crippen molar-refractivity contribution in [3.63, 3.8) is 0 Å². The monoisotopic (exact) mass is 707 g/mol. The van der Waals surface area contributed by atoms with Gasteiger partial charge >= 0.3 is 17.8 Å². The summed E-state index contributed by atoms with van der Waals surface area (Å²) in [4.78, 5) is 37.9. The third-order valence-electron chi connectivity index (χ3n) is 9.15. The van der Waals surface area contributed by atoms with Gasteiger partial charge in [0.2, 0.25) is 0 Å². The third-order valence-corrected chi connectivity index (χ3v) is 11.3. The highest BCUT2D eigenvalue weighted by atomic mass is 32.2. The summed E-state index contributed by atoms with van der Waals surface area (Å²) >= 11 is 3.73. The Balaban J connectivity index is 1.34. The summed E-state index contributed by atoms with van der Waals surface area (Å²) in [5.41, 5.74) is 4.11. The van der Waals surface area contributed by atoms with Crippen LogP contribution < -0.4 is 4.57 Å². The molecule has 0 fully saturated rings. The summed E-state index contributed by atoms with van der Waals surface area (Å²) in [6, 6.07) is 2.30. The lowest BCUT2D eigenvalue weighted by atomic mass is 9.81. The molecule has 1 aromatic heterocycles. The maximum atomic E-state index is 11.6. The van der Waals surface area contributed by atoms with E-state index in [2.05, 4.69) is 94.0 Å². The Hall–Kier alpha value is -3.11. The normalized spacial score (nSPS) is 18.2. The van der Waals surface area contributed by atoms with E-state index in [1.165, 1.54) is 20.9 Å². The molecule has 3 aliphatic heterocycles. The van der Waals surface area contributed by atoms with E-state index in [0.717, 1.165) is 73.1 Å². The van der Waals surface area contributed by atoms with E-state index in [4.69, 9.17) is 19.5 Å². The number of hydrogen-bond donors (Lipinski definition) is 0. The number of hydrogen-bond acceptors (Lipinski definition) is 9. The Morgan fingerprint density at radius 3 is 2.16 bits per heavy atom. The smallest absolute Gasteiger partial charge is 0.327 e. The molecule has 0 aromatic carbocycles. The number of allylic oxidation sites excluding steroid dienone is 5. The lowest BCUT2D eigenvalue weighted by Crippen LogP contribution is -2.30. The van der Waals surface area contributed by atoms with E-state index in [-0.39, 0.29) is 22.8 Å². The van der Waals surface area contributed by atoms with Gasteiger partial charge in [-0.05, 0) is 94.2 Å². The zero-order chi connectivity index (χ0) is 35.6. The van der Waals surface area contributed by atoms with Gasteiger partial charge in [0.1, 0.15) is 12.0 Å². The number of rotatable bonds is 18. The molecule has 0 saturated carbocycles. The Kier molecular flexibility index (Phi) is 14.0. The fraction of sp³-hybridized carbons (Fsp3) is 0.564. The molecule has 0 saturated heterocycles.